The fourth-order valence-electron chi connectivity index (χ4n) is 5.02. The molecular formula is C20H34N4O2. The second-order valence-electron chi connectivity index (χ2n) is 8.59. The summed E-state index contributed by atoms with van der Waals surface area (Å²) in [5.74, 6) is 2.50. The Bertz CT molecular complexity index is 528. The number of aliphatic imine (C=N–C) groups is 1. The third-order valence-corrected chi connectivity index (χ3v) is 7.07. The van der Waals surface area contributed by atoms with Gasteiger partial charge in [-0.25, -0.2) is 0 Å². The van der Waals surface area contributed by atoms with Crippen molar-refractivity contribution in [1.82, 2.24) is 15.1 Å². The third kappa shape index (κ3) is 3.71. The zero-order chi connectivity index (χ0) is 18.0. The van der Waals surface area contributed by atoms with Gasteiger partial charge in [-0.15, -0.1) is 0 Å². The Balaban J connectivity index is 1.25. The average Bonchev–Trinajstić information content (AvgIpc) is 3.50. The van der Waals surface area contributed by atoms with Crippen molar-refractivity contribution in [1.29, 1.82) is 0 Å². The van der Waals surface area contributed by atoms with Crippen LogP contribution in [-0.2, 0) is 9.53 Å². The molecule has 0 aromatic carbocycles. The maximum Gasteiger partial charge on any atom is 0.225 e. The van der Waals surface area contributed by atoms with E-state index < -0.39 is 0 Å². The molecule has 4 fully saturated rings. The second kappa shape index (κ2) is 7.75. The van der Waals surface area contributed by atoms with E-state index in [9.17, 15) is 4.79 Å². The van der Waals surface area contributed by atoms with Crippen LogP contribution in [0.2, 0.25) is 0 Å². The fraction of sp³-hybridized carbons (Fsp3) is 0.900. The number of morpholine rings is 1. The quantitative estimate of drug-likeness (QED) is 0.611. The molecule has 4 aliphatic rings. The molecule has 0 spiro atoms. The maximum atomic E-state index is 12.7. The summed E-state index contributed by atoms with van der Waals surface area (Å²) in [4.78, 5) is 21.6. The lowest BCUT2D eigenvalue weighted by molar-refractivity contribution is -0.140. The monoisotopic (exact) mass is 362 g/mol. The van der Waals surface area contributed by atoms with Gasteiger partial charge in [-0.05, 0) is 49.9 Å². The summed E-state index contributed by atoms with van der Waals surface area (Å²) in [5.41, 5.74) is 0.556. The second-order valence-corrected chi connectivity index (χ2v) is 8.59. The fourth-order valence-corrected chi connectivity index (χ4v) is 5.02. The van der Waals surface area contributed by atoms with E-state index in [2.05, 4.69) is 15.2 Å². The Labute approximate surface area is 157 Å². The SMILES string of the molecule is CN=C(NCC1(C2CC2)CCC1)N1CCC(C(=O)N2CCOCC2)CC1. The topological polar surface area (TPSA) is 57.2 Å². The van der Waals surface area contributed by atoms with Gasteiger partial charge in [0.2, 0.25) is 5.91 Å². The zero-order valence-corrected chi connectivity index (χ0v) is 16.2. The van der Waals surface area contributed by atoms with Gasteiger partial charge in [0.1, 0.15) is 0 Å². The number of nitrogens with one attached hydrogen (secondary N) is 1. The molecular weight excluding hydrogens is 328 g/mol. The summed E-state index contributed by atoms with van der Waals surface area (Å²) in [5, 5.41) is 3.67. The van der Waals surface area contributed by atoms with E-state index in [0.29, 0.717) is 24.5 Å². The predicted molar refractivity (Wildman–Crippen MR) is 102 cm³/mol. The van der Waals surface area contributed by atoms with Crippen molar-refractivity contribution in [3.05, 3.63) is 0 Å². The number of hydrogen-bond acceptors (Lipinski definition) is 3. The lowest BCUT2D eigenvalue weighted by Gasteiger charge is -2.44. The van der Waals surface area contributed by atoms with Gasteiger partial charge in [0, 0.05) is 45.7 Å². The lowest BCUT2D eigenvalue weighted by atomic mass is 9.65. The number of likely N-dealkylation sites (tertiary alicyclic amines) is 1. The molecule has 2 saturated carbocycles. The van der Waals surface area contributed by atoms with Gasteiger partial charge in [-0.3, -0.25) is 9.79 Å². The summed E-state index contributed by atoms with van der Waals surface area (Å²) in [7, 11) is 1.89. The average molecular weight is 363 g/mol. The number of guanidine groups is 1. The molecule has 0 bridgehead atoms. The first-order chi connectivity index (χ1) is 12.7. The number of carbonyl (C=O) groups excluding carboxylic acids is 1. The molecule has 2 aliphatic heterocycles. The van der Waals surface area contributed by atoms with Crippen molar-refractivity contribution in [2.24, 2.45) is 22.2 Å². The molecule has 1 N–H and O–H groups in total. The summed E-state index contributed by atoms with van der Waals surface area (Å²) >= 11 is 0. The van der Waals surface area contributed by atoms with Crippen molar-refractivity contribution in [3.8, 4) is 0 Å². The van der Waals surface area contributed by atoms with E-state index in [1.165, 1.54) is 32.1 Å². The predicted octanol–water partition coefficient (Wildman–Crippen LogP) is 1.71. The third-order valence-electron chi connectivity index (χ3n) is 7.07. The van der Waals surface area contributed by atoms with E-state index >= 15 is 0 Å². The van der Waals surface area contributed by atoms with Gasteiger partial charge in [0.25, 0.3) is 0 Å². The molecule has 2 aliphatic carbocycles. The molecule has 0 aromatic rings. The van der Waals surface area contributed by atoms with Crippen molar-refractivity contribution >= 4 is 11.9 Å². The highest BCUT2D eigenvalue weighted by atomic mass is 16.5. The first kappa shape index (κ1) is 18.1. The molecule has 0 radical (unpaired) electrons. The van der Waals surface area contributed by atoms with Crippen LogP contribution in [0.5, 0.6) is 0 Å². The van der Waals surface area contributed by atoms with Gasteiger partial charge >= 0.3 is 0 Å². The number of piperidine rings is 1. The Morgan fingerprint density at radius 2 is 1.77 bits per heavy atom. The number of rotatable bonds is 4. The Hall–Kier alpha value is -1.30. The van der Waals surface area contributed by atoms with Crippen molar-refractivity contribution < 1.29 is 9.53 Å². The van der Waals surface area contributed by atoms with E-state index in [1.807, 2.05) is 11.9 Å². The van der Waals surface area contributed by atoms with Crippen molar-refractivity contribution in [2.75, 3.05) is 53.0 Å². The maximum absolute atomic E-state index is 12.7. The Kier molecular flexibility index (Phi) is 5.39. The molecule has 2 heterocycles. The van der Waals surface area contributed by atoms with Crippen LogP contribution >= 0.6 is 0 Å². The van der Waals surface area contributed by atoms with Gasteiger partial charge in [-0.1, -0.05) is 6.42 Å². The number of carbonyl (C=O) groups is 1. The summed E-state index contributed by atoms with van der Waals surface area (Å²) in [6.45, 7) is 5.81. The number of hydrogen-bond donors (Lipinski definition) is 1. The molecule has 0 aromatic heterocycles. The summed E-state index contributed by atoms with van der Waals surface area (Å²) < 4.78 is 5.36. The Morgan fingerprint density at radius 1 is 1.08 bits per heavy atom. The van der Waals surface area contributed by atoms with Crippen LogP contribution in [0.1, 0.15) is 44.9 Å². The highest BCUT2D eigenvalue weighted by Gasteiger charge is 2.49. The largest absolute Gasteiger partial charge is 0.378 e. The van der Waals surface area contributed by atoms with Crippen LogP contribution in [0.25, 0.3) is 0 Å². The molecule has 6 nitrogen and oxygen atoms in total. The lowest BCUT2D eigenvalue weighted by Crippen LogP contribution is -2.52. The molecule has 146 valence electrons. The standard InChI is InChI=1S/C20H34N4O2/c1-21-19(22-15-20(7-2-8-20)17-3-4-17)24-9-5-16(6-10-24)18(25)23-11-13-26-14-12-23/h16-17H,2-15H2,1H3,(H,21,22). The number of amides is 1. The summed E-state index contributed by atoms with van der Waals surface area (Å²) in [6.07, 6.45) is 8.89. The number of ether oxygens (including phenoxy) is 1. The minimum absolute atomic E-state index is 0.173. The molecule has 4 rings (SSSR count). The van der Waals surface area contributed by atoms with Crippen molar-refractivity contribution in [2.45, 2.75) is 44.9 Å². The molecule has 0 unspecified atom stereocenters. The van der Waals surface area contributed by atoms with Crippen LogP contribution in [0.4, 0.5) is 0 Å². The molecule has 6 heteroatoms. The molecule has 26 heavy (non-hydrogen) atoms. The van der Waals surface area contributed by atoms with Gasteiger partial charge < -0.3 is 19.9 Å². The molecule has 2 saturated heterocycles. The van der Waals surface area contributed by atoms with Gasteiger partial charge in [0.05, 0.1) is 13.2 Å². The minimum Gasteiger partial charge on any atom is -0.378 e. The minimum atomic E-state index is 0.173. The van der Waals surface area contributed by atoms with E-state index in [-0.39, 0.29) is 5.92 Å². The molecule has 0 atom stereocenters. The van der Waals surface area contributed by atoms with Crippen LogP contribution in [0.3, 0.4) is 0 Å². The van der Waals surface area contributed by atoms with E-state index in [0.717, 1.165) is 57.4 Å². The van der Waals surface area contributed by atoms with Gasteiger partial charge in [-0.2, -0.15) is 0 Å². The van der Waals surface area contributed by atoms with Crippen LogP contribution < -0.4 is 5.32 Å². The van der Waals surface area contributed by atoms with Crippen LogP contribution in [0, 0.1) is 17.3 Å². The summed E-state index contributed by atoms with van der Waals surface area (Å²) in [6, 6.07) is 0. The highest BCUT2D eigenvalue weighted by molar-refractivity contribution is 5.81. The smallest absolute Gasteiger partial charge is 0.225 e. The normalized spacial score (nSPS) is 27.2. The molecule has 1 amide bonds. The number of nitrogens with zero attached hydrogens (tertiary/aromatic N) is 3. The van der Waals surface area contributed by atoms with Crippen molar-refractivity contribution in [3.63, 3.8) is 0 Å². The van der Waals surface area contributed by atoms with E-state index in [1.54, 1.807) is 0 Å². The van der Waals surface area contributed by atoms with Crippen LogP contribution in [0.15, 0.2) is 4.99 Å². The zero-order valence-electron chi connectivity index (χ0n) is 16.2. The van der Waals surface area contributed by atoms with Gasteiger partial charge in [0.15, 0.2) is 5.96 Å². The van der Waals surface area contributed by atoms with Crippen LogP contribution in [-0.4, -0.2) is 74.7 Å². The first-order valence-corrected chi connectivity index (χ1v) is 10.5. The Morgan fingerprint density at radius 3 is 2.31 bits per heavy atom. The first-order valence-electron chi connectivity index (χ1n) is 10.5. The highest BCUT2D eigenvalue weighted by Crippen LogP contribution is 2.56. The van der Waals surface area contributed by atoms with E-state index in [4.69, 9.17) is 4.74 Å².